The van der Waals surface area contributed by atoms with Gasteiger partial charge in [-0.2, -0.15) is 5.26 Å². The van der Waals surface area contributed by atoms with Crippen molar-refractivity contribution in [3.05, 3.63) is 100 Å². The van der Waals surface area contributed by atoms with E-state index >= 15 is 0 Å². The zero-order valence-electron chi connectivity index (χ0n) is 21.4. The Hall–Kier alpha value is -2.88. The third-order valence-corrected chi connectivity index (χ3v) is 6.21. The van der Waals surface area contributed by atoms with Crippen LogP contribution in [0.25, 0.3) is 0 Å². The number of halogens is 1. The molecule has 192 valence electrons. The zero-order valence-corrected chi connectivity index (χ0v) is 22.2. The number of ether oxygens (including phenoxy) is 1. The highest BCUT2D eigenvalue weighted by molar-refractivity contribution is 6.31. The smallest absolute Gasteiger partial charge is 0.120 e. The maximum absolute atomic E-state index is 10.5. The van der Waals surface area contributed by atoms with Crippen LogP contribution >= 0.6 is 11.6 Å². The molecule has 3 aromatic carbocycles. The normalized spacial score (nSPS) is 12.3. The Morgan fingerprint density at radius 1 is 1.00 bits per heavy atom. The molecule has 36 heavy (non-hydrogen) atoms. The van der Waals surface area contributed by atoms with Crippen LogP contribution in [-0.2, 0) is 0 Å². The molecule has 0 fully saturated rings. The summed E-state index contributed by atoms with van der Waals surface area (Å²) < 4.78 is 5.16. The van der Waals surface area contributed by atoms with Gasteiger partial charge in [0.05, 0.1) is 24.3 Å². The summed E-state index contributed by atoms with van der Waals surface area (Å²) in [6, 6.07) is 25.3. The standard InChI is InChI=1S/C21H26N2O.C9H11ClO2/c1-3-13-23(15-17(2)19-7-5-4-6-8-19)16-21(24)20-11-9-18(14-22)10-12-20;1-7-2-3-8(6-9(7)10)12-5-4-11/h4-12,17,21,24H,3,13,15-16H2,1-2H3;2-3,6,11H,4-5H2,1H3/t17-,21?;/m0./s1. The van der Waals surface area contributed by atoms with Gasteiger partial charge in [0, 0.05) is 18.1 Å². The van der Waals surface area contributed by atoms with Crippen LogP contribution in [0.3, 0.4) is 0 Å². The Labute approximate surface area is 220 Å². The Morgan fingerprint density at radius 2 is 1.69 bits per heavy atom. The fraction of sp³-hybridized carbons (Fsp3) is 0.367. The van der Waals surface area contributed by atoms with E-state index in [9.17, 15) is 5.11 Å². The summed E-state index contributed by atoms with van der Waals surface area (Å²) >= 11 is 5.85. The molecule has 0 bridgehead atoms. The van der Waals surface area contributed by atoms with Crippen LogP contribution in [0.2, 0.25) is 5.02 Å². The lowest BCUT2D eigenvalue weighted by atomic mass is 10.00. The molecule has 2 N–H and O–H groups in total. The predicted octanol–water partition coefficient (Wildman–Crippen LogP) is 6.13. The molecule has 0 amide bonds. The lowest BCUT2D eigenvalue weighted by Gasteiger charge is -2.28. The van der Waals surface area contributed by atoms with Gasteiger partial charge in [0.25, 0.3) is 0 Å². The summed E-state index contributed by atoms with van der Waals surface area (Å²) in [7, 11) is 0. The van der Waals surface area contributed by atoms with Gasteiger partial charge >= 0.3 is 0 Å². The maximum Gasteiger partial charge on any atom is 0.120 e. The summed E-state index contributed by atoms with van der Waals surface area (Å²) in [6.45, 7) is 9.13. The van der Waals surface area contributed by atoms with Crippen LogP contribution in [0, 0.1) is 18.3 Å². The molecule has 0 aliphatic rings. The third kappa shape index (κ3) is 10.0. The molecular weight excluding hydrogens is 472 g/mol. The van der Waals surface area contributed by atoms with Gasteiger partial charge in [-0.15, -0.1) is 0 Å². The Kier molecular flexibility index (Phi) is 13.0. The molecule has 2 atom stereocenters. The van der Waals surface area contributed by atoms with Crippen molar-refractivity contribution in [3.63, 3.8) is 0 Å². The first kappa shape index (κ1) is 29.4. The largest absolute Gasteiger partial charge is 0.491 e. The Bertz CT molecular complexity index is 1070. The van der Waals surface area contributed by atoms with Gasteiger partial charge in [-0.3, -0.25) is 4.90 Å². The lowest BCUT2D eigenvalue weighted by Crippen LogP contribution is -2.32. The number of benzene rings is 3. The van der Waals surface area contributed by atoms with Gasteiger partial charge in [0.2, 0.25) is 0 Å². The predicted molar refractivity (Wildman–Crippen MR) is 146 cm³/mol. The van der Waals surface area contributed by atoms with Gasteiger partial charge in [0.1, 0.15) is 12.4 Å². The molecule has 0 saturated heterocycles. The molecule has 3 aromatic rings. The van der Waals surface area contributed by atoms with E-state index in [4.69, 9.17) is 26.7 Å². The molecule has 0 heterocycles. The van der Waals surface area contributed by atoms with E-state index < -0.39 is 6.10 Å². The van der Waals surface area contributed by atoms with E-state index in [0.717, 1.165) is 30.6 Å². The minimum Gasteiger partial charge on any atom is -0.491 e. The van der Waals surface area contributed by atoms with E-state index in [1.165, 1.54) is 5.56 Å². The number of aryl methyl sites for hydroxylation is 1. The average Bonchev–Trinajstić information content (AvgIpc) is 2.90. The summed E-state index contributed by atoms with van der Waals surface area (Å²) in [6.07, 6.45) is 0.522. The molecule has 5 nitrogen and oxygen atoms in total. The van der Waals surface area contributed by atoms with E-state index in [-0.39, 0.29) is 6.61 Å². The van der Waals surface area contributed by atoms with Crippen molar-refractivity contribution in [2.75, 3.05) is 32.8 Å². The molecule has 0 spiro atoms. The first-order chi connectivity index (χ1) is 17.4. The van der Waals surface area contributed by atoms with Crippen molar-refractivity contribution >= 4 is 11.6 Å². The minimum absolute atomic E-state index is 0.0193. The van der Waals surface area contributed by atoms with Crippen LogP contribution in [0.15, 0.2) is 72.8 Å². The van der Waals surface area contributed by atoms with Crippen LogP contribution in [0.5, 0.6) is 5.75 Å². The Morgan fingerprint density at radius 3 is 2.28 bits per heavy atom. The Balaban J connectivity index is 0.000000319. The fourth-order valence-corrected chi connectivity index (χ4v) is 3.97. The summed E-state index contributed by atoms with van der Waals surface area (Å²) in [4.78, 5) is 2.32. The number of aliphatic hydroxyl groups is 2. The minimum atomic E-state index is -0.535. The summed E-state index contributed by atoms with van der Waals surface area (Å²) in [5, 5.41) is 28.6. The van der Waals surface area contributed by atoms with Crippen LogP contribution in [-0.4, -0.2) is 48.0 Å². The average molecular weight is 509 g/mol. The third-order valence-electron chi connectivity index (χ3n) is 5.80. The molecule has 0 radical (unpaired) electrons. The maximum atomic E-state index is 10.5. The highest BCUT2D eigenvalue weighted by atomic mass is 35.5. The van der Waals surface area contributed by atoms with E-state index in [1.54, 1.807) is 18.2 Å². The van der Waals surface area contributed by atoms with Crippen molar-refractivity contribution in [2.24, 2.45) is 0 Å². The van der Waals surface area contributed by atoms with Crippen molar-refractivity contribution in [3.8, 4) is 11.8 Å². The molecule has 6 heteroatoms. The van der Waals surface area contributed by atoms with Crippen molar-refractivity contribution < 1.29 is 14.9 Å². The number of aliphatic hydroxyl groups excluding tert-OH is 2. The molecule has 0 aliphatic carbocycles. The first-order valence-electron chi connectivity index (χ1n) is 12.3. The number of rotatable bonds is 11. The van der Waals surface area contributed by atoms with Crippen molar-refractivity contribution in [1.82, 2.24) is 4.90 Å². The summed E-state index contributed by atoms with van der Waals surface area (Å²) in [5.74, 6) is 1.12. The SMILES string of the molecule is CCCN(CC(O)c1ccc(C#N)cc1)C[C@H](C)c1ccccc1.Cc1ccc(OCCO)cc1Cl. The second-order valence-corrected chi connectivity index (χ2v) is 9.21. The monoisotopic (exact) mass is 508 g/mol. The summed E-state index contributed by atoms with van der Waals surface area (Å²) in [5.41, 5.74) is 3.83. The topological polar surface area (TPSA) is 76.7 Å². The zero-order chi connectivity index (χ0) is 26.3. The van der Waals surface area contributed by atoms with E-state index in [2.05, 4.69) is 49.1 Å². The van der Waals surface area contributed by atoms with Gasteiger partial charge in [-0.25, -0.2) is 0 Å². The molecule has 0 aromatic heterocycles. The van der Waals surface area contributed by atoms with Crippen molar-refractivity contribution in [2.45, 2.75) is 39.2 Å². The number of hydrogen-bond acceptors (Lipinski definition) is 5. The van der Waals surface area contributed by atoms with Crippen molar-refractivity contribution in [1.29, 1.82) is 5.26 Å². The molecule has 0 saturated carbocycles. The fourth-order valence-electron chi connectivity index (χ4n) is 3.80. The lowest BCUT2D eigenvalue weighted by molar-refractivity contribution is 0.110. The van der Waals surface area contributed by atoms with E-state index in [0.29, 0.717) is 35.4 Å². The van der Waals surface area contributed by atoms with Gasteiger partial charge in [0.15, 0.2) is 0 Å². The molecule has 3 rings (SSSR count). The second kappa shape index (κ2) is 16.0. The molecule has 0 aliphatic heterocycles. The van der Waals surface area contributed by atoms with Gasteiger partial charge < -0.3 is 14.9 Å². The number of hydrogen-bond donors (Lipinski definition) is 2. The number of nitrogens with zero attached hydrogens (tertiary/aromatic N) is 2. The molecular formula is C30H37ClN2O3. The van der Waals surface area contributed by atoms with Crippen LogP contribution < -0.4 is 4.74 Å². The van der Waals surface area contributed by atoms with Crippen LogP contribution in [0.4, 0.5) is 0 Å². The quantitative estimate of drug-likeness (QED) is 0.326. The number of nitriles is 1. The highest BCUT2D eigenvalue weighted by Crippen LogP contribution is 2.22. The van der Waals surface area contributed by atoms with Gasteiger partial charge in [-0.1, -0.05) is 74.0 Å². The van der Waals surface area contributed by atoms with Gasteiger partial charge in [-0.05, 0) is 66.8 Å². The first-order valence-corrected chi connectivity index (χ1v) is 12.7. The second-order valence-electron chi connectivity index (χ2n) is 8.80. The van der Waals surface area contributed by atoms with E-state index in [1.807, 2.05) is 37.3 Å². The highest BCUT2D eigenvalue weighted by Gasteiger charge is 2.16. The van der Waals surface area contributed by atoms with Crippen LogP contribution in [0.1, 0.15) is 54.5 Å². The molecule has 1 unspecified atom stereocenters.